The van der Waals surface area contributed by atoms with Gasteiger partial charge < -0.3 is 9.64 Å². The number of ether oxygens (including phenoxy) is 1. The van der Waals surface area contributed by atoms with E-state index in [2.05, 4.69) is 28.5 Å². The molecule has 0 amide bonds. The Morgan fingerprint density at radius 3 is 2.17 bits per heavy atom. The number of anilines is 1. The van der Waals surface area contributed by atoms with Gasteiger partial charge in [0.1, 0.15) is 5.75 Å². The van der Waals surface area contributed by atoms with Crippen LogP contribution in [0.2, 0.25) is 0 Å². The monoisotopic (exact) mass is 338 g/mol. The van der Waals surface area contributed by atoms with Crippen molar-refractivity contribution in [3.63, 3.8) is 0 Å². The zero-order chi connectivity index (χ0) is 17.6. The first-order valence-electron chi connectivity index (χ1n) is 8.00. The molecule has 0 saturated heterocycles. The van der Waals surface area contributed by atoms with Gasteiger partial charge in [-0.15, -0.1) is 13.2 Å². The van der Waals surface area contributed by atoms with Crippen LogP contribution >= 0.6 is 0 Å². The molecular formula is C18H21F3N2O. The van der Waals surface area contributed by atoms with E-state index in [0.29, 0.717) is 0 Å². The number of aromatic nitrogens is 1. The second kappa shape index (κ2) is 8.04. The number of nitrogens with zero attached hydrogens (tertiary/aromatic N) is 2. The zero-order valence-corrected chi connectivity index (χ0v) is 13.8. The average Bonchev–Trinajstić information content (AvgIpc) is 2.54. The van der Waals surface area contributed by atoms with Gasteiger partial charge in [-0.1, -0.05) is 13.8 Å². The Balaban J connectivity index is 2.31. The van der Waals surface area contributed by atoms with E-state index in [1.807, 2.05) is 12.1 Å². The molecule has 1 heterocycles. The topological polar surface area (TPSA) is 25.4 Å². The number of hydrogen-bond acceptors (Lipinski definition) is 3. The highest BCUT2D eigenvalue weighted by Crippen LogP contribution is 2.31. The van der Waals surface area contributed by atoms with Crippen LogP contribution in [0.5, 0.6) is 5.75 Å². The van der Waals surface area contributed by atoms with Crippen molar-refractivity contribution in [2.75, 3.05) is 18.0 Å². The lowest BCUT2D eigenvalue weighted by atomic mass is 10.1. The molecule has 0 spiro atoms. The van der Waals surface area contributed by atoms with Crippen molar-refractivity contribution in [1.29, 1.82) is 0 Å². The Labute approximate surface area is 140 Å². The minimum Gasteiger partial charge on any atom is -0.406 e. The normalized spacial score (nSPS) is 11.4. The molecule has 3 nitrogen and oxygen atoms in total. The molecule has 0 aliphatic heterocycles. The highest BCUT2D eigenvalue weighted by molar-refractivity contribution is 5.75. The van der Waals surface area contributed by atoms with Crippen LogP contribution in [-0.4, -0.2) is 24.4 Å². The minimum absolute atomic E-state index is 0.234. The summed E-state index contributed by atoms with van der Waals surface area (Å²) in [6.07, 6.45) is -0.981. The van der Waals surface area contributed by atoms with Crippen LogP contribution in [0.3, 0.4) is 0 Å². The molecule has 0 N–H and O–H groups in total. The summed E-state index contributed by atoms with van der Waals surface area (Å²) in [6.45, 7) is 6.04. The number of halogens is 3. The lowest BCUT2D eigenvalue weighted by Gasteiger charge is -2.25. The second-order valence-corrected chi connectivity index (χ2v) is 5.43. The van der Waals surface area contributed by atoms with Crippen LogP contribution in [0.1, 0.15) is 26.7 Å². The maximum atomic E-state index is 12.3. The number of benzene rings is 1. The number of rotatable bonds is 7. The molecule has 0 aliphatic carbocycles. The van der Waals surface area contributed by atoms with Crippen LogP contribution in [0, 0.1) is 0 Å². The molecule has 0 saturated carbocycles. The van der Waals surface area contributed by atoms with E-state index in [1.165, 1.54) is 12.1 Å². The van der Waals surface area contributed by atoms with Crippen molar-refractivity contribution < 1.29 is 17.9 Å². The predicted molar refractivity (Wildman–Crippen MR) is 89.2 cm³/mol. The van der Waals surface area contributed by atoms with Crippen LogP contribution in [0.25, 0.3) is 11.3 Å². The van der Waals surface area contributed by atoms with Crippen LogP contribution in [0.4, 0.5) is 18.9 Å². The van der Waals surface area contributed by atoms with E-state index in [4.69, 9.17) is 0 Å². The van der Waals surface area contributed by atoms with Gasteiger partial charge >= 0.3 is 6.36 Å². The molecule has 2 aromatic rings. The molecule has 1 aromatic heterocycles. The maximum Gasteiger partial charge on any atom is 0.573 e. The summed E-state index contributed by atoms with van der Waals surface area (Å²) in [5.74, 6) is -0.234. The second-order valence-electron chi connectivity index (χ2n) is 5.43. The van der Waals surface area contributed by atoms with Gasteiger partial charge in [-0.2, -0.15) is 0 Å². The fraction of sp³-hybridized carbons (Fsp3) is 0.389. The van der Waals surface area contributed by atoms with Gasteiger partial charge in [-0.05, 0) is 49.2 Å². The standard InChI is InChI=1S/C18H21F3N2O/c1-3-12-23(13-4-2)16-6-5-11-22-17(16)14-7-9-15(10-8-14)24-18(19,20)21/h5-11H,3-4,12-13H2,1-2H3. The fourth-order valence-electron chi connectivity index (χ4n) is 2.58. The summed E-state index contributed by atoms with van der Waals surface area (Å²) in [4.78, 5) is 6.69. The van der Waals surface area contributed by atoms with E-state index in [0.717, 1.165) is 42.9 Å². The van der Waals surface area contributed by atoms with Crippen molar-refractivity contribution in [2.45, 2.75) is 33.1 Å². The van der Waals surface area contributed by atoms with Crippen molar-refractivity contribution in [3.05, 3.63) is 42.6 Å². The number of alkyl halides is 3. The van der Waals surface area contributed by atoms with Crippen LogP contribution < -0.4 is 9.64 Å². The Morgan fingerprint density at radius 1 is 1.00 bits per heavy atom. The summed E-state index contributed by atoms with van der Waals surface area (Å²) in [6, 6.07) is 9.69. The molecule has 1 aromatic carbocycles. The average molecular weight is 338 g/mol. The van der Waals surface area contributed by atoms with Gasteiger partial charge in [0.05, 0.1) is 11.4 Å². The van der Waals surface area contributed by atoms with Crippen molar-refractivity contribution in [3.8, 4) is 17.0 Å². The fourth-order valence-corrected chi connectivity index (χ4v) is 2.58. The van der Waals surface area contributed by atoms with E-state index in [-0.39, 0.29) is 5.75 Å². The lowest BCUT2D eigenvalue weighted by Crippen LogP contribution is -2.25. The third-order valence-corrected chi connectivity index (χ3v) is 3.48. The van der Waals surface area contributed by atoms with Crippen LogP contribution in [0.15, 0.2) is 42.6 Å². The number of pyridine rings is 1. The van der Waals surface area contributed by atoms with Gasteiger partial charge in [-0.3, -0.25) is 4.98 Å². The van der Waals surface area contributed by atoms with Gasteiger partial charge in [0.15, 0.2) is 0 Å². The molecule has 0 fully saturated rings. The summed E-state index contributed by atoms with van der Waals surface area (Å²) in [5.41, 5.74) is 2.51. The number of hydrogen-bond donors (Lipinski definition) is 0. The molecule has 0 aliphatic rings. The summed E-state index contributed by atoms with van der Waals surface area (Å²) in [5, 5.41) is 0. The van der Waals surface area contributed by atoms with Crippen molar-refractivity contribution >= 4 is 5.69 Å². The van der Waals surface area contributed by atoms with Crippen molar-refractivity contribution in [1.82, 2.24) is 4.98 Å². The molecule has 2 rings (SSSR count). The molecule has 0 radical (unpaired) electrons. The summed E-state index contributed by atoms with van der Waals surface area (Å²) < 4.78 is 40.7. The maximum absolute atomic E-state index is 12.3. The predicted octanol–water partition coefficient (Wildman–Crippen LogP) is 5.27. The third kappa shape index (κ3) is 4.88. The molecule has 130 valence electrons. The lowest BCUT2D eigenvalue weighted by molar-refractivity contribution is -0.274. The summed E-state index contributed by atoms with van der Waals surface area (Å²) in [7, 11) is 0. The van der Waals surface area contributed by atoms with Crippen LogP contribution in [-0.2, 0) is 0 Å². The third-order valence-electron chi connectivity index (χ3n) is 3.48. The molecule has 0 bridgehead atoms. The molecule has 0 atom stereocenters. The molecule has 0 unspecified atom stereocenters. The first-order chi connectivity index (χ1) is 11.4. The largest absolute Gasteiger partial charge is 0.573 e. The van der Waals surface area contributed by atoms with Gasteiger partial charge in [0, 0.05) is 24.8 Å². The summed E-state index contributed by atoms with van der Waals surface area (Å²) >= 11 is 0. The van der Waals surface area contributed by atoms with E-state index in [9.17, 15) is 13.2 Å². The van der Waals surface area contributed by atoms with Gasteiger partial charge in [0.25, 0.3) is 0 Å². The first-order valence-corrected chi connectivity index (χ1v) is 8.00. The highest BCUT2D eigenvalue weighted by atomic mass is 19.4. The Hall–Kier alpha value is -2.24. The zero-order valence-electron chi connectivity index (χ0n) is 13.8. The molecule has 24 heavy (non-hydrogen) atoms. The minimum atomic E-state index is -4.68. The molecular weight excluding hydrogens is 317 g/mol. The Bertz CT molecular complexity index is 635. The smallest absolute Gasteiger partial charge is 0.406 e. The Morgan fingerprint density at radius 2 is 1.62 bits per heavy atom. The van der Waals surface area contributed by atoms with E-state index in [1.54, 1.807) is 18.3 Å². The van der Waals surface area contributed by atoms with Gasteiger partial charge in [0.2, 0.25) is 0 Å². The molecule has 6 heteroatoms. The quantitative estimate of drug-likeness (QED) is 0.687. The van der Waals surface area contributed by atoms with E-state index < -0.39 is 6.36 Å². The highest BCUT2D eigenvalue weighted by Gasteiger charge is 2.31. The first kappa shape index (κ1) is 18.1. The Kier molecular flexibility index (Phi) is 6.06. The van der Waals surface area contributed by atoms with E-state index >= 15 is 0 Å². The SMILES string of the molecule is CCCN(CCC)c1cccnc1-c1ccc(OC(F)(F)F)cc1. The van der Waals surface area contributed by atoms with Crippen molar-refractivity contribution in [2.24, 2.45) is 0 Å². The van der Waals surface area contributed by atoms with Gasteiger partial charge in [-0.25, -0.2) is 0 Å².